The van der Waals surface area contributed by atoms with Crippen molar-refractivity contribution in [1.82, 2.24) is 0 Å². The van der Waals surface area contributed by atoms with E-state index in [0.717, 1.165) is 16.8 Å². The fraction of sp³-hybridized carbons (Fsp3) is 0.235. The maximum absolute atomic E-state index is 9.79. The Morgan fingerprint density at radius 1 is 1.20 bits per heavy atom. The number of nitriles is 1. The molecular weight excluding hydrogens is 248 g/mol. The van der Waals surface area contributed by atoms with Crippen LogP contribution in [0, 0.1) is 18.3 Å². The third-order valence-corrected chi connectivity index (χ3v) is 3.43. The van der Waals surface area contributed by atoms with Gasteiger partial charge in [-0.1, -0.05) is 36.4 Å². The van der Waals surface area contributed by atoms with Crippen LogP contribution < -0.4 is 5.32 Å². The second-order valence-electron chi connectivity index (χ2n) is 5.14. The van der Waals surface area contributed by atoms with Gasteiger partial charge in [-0.25, -0.2) is 0 Å². The fourth-order valence-corrected chi connectivity index (χ4v) is 2.17. The van der Waals surface area contributed by atoms with Crippen molar-refractivity contribution in [3.8, 4) is 6.07 Å². The third-order valence-electron chi connectivity index (χ3n) is 3.43. The van der Waals surface area contributed by atoms with Crippen LogP contribution >= 0.6 is 0 Å². The van der Waals surface area contributed by atoms with Crippen LogP contribution in [-0.2, 0) is 5.54 Å². The predicted octanol–water partition coefficient (Wildman–Crippen LogP) is 3.19. The van der Waals surface area contributed by atoms with E-state index >= 15 is 0 Å². The van der Waals surface area contributed by atoms with Gasteiger partial charge in [0.25, 0.3) is 0 Å². The number of aliphatic hydroxyl groups is 1. The molecule has 0 bridgehead atoms. The van der Waals surface area contributed by atoms with Gasteiger partial charge in [0.05, 0.1) is 23.4 Å². The standard InChI is InChI=1S/C17H18N2O/c1-13-8-9-14(11-18)16(10-13)19-17(2,12-20)15-6-4-3-5-7-15/h3-10,19-20H,12H2,1-2H3. The average molecular weight is 266 g/mol. The molecule has 0 amide bonds. The lowest BCUT2D eigenvalue weighted by atomic mass is 9.92. The van der Waals surface area contributed by atoms with Crippen LogP contribution in [0.5, 0.6) is 0 Å². The summed E-state index contributed by atoms with van der Waals surface area (Å²) < 4.78 is 0. The number of aliphatic hydroxyl groups excluding tert-OH is 1. The summed E-state index contributed by atoms with van der Waals surface area (Å²) >= 11 is 0. The number of nitrogens with zero attached hydrogens (tertiary/aromatic N) is 1. The van der Waals surface area contributed by atoms with E-state index < -0.39 is 5.54 Å². The van der Waals surface area contributed by atoms with Gasteiger partial charge in [0.1, 0.15) is 6.07 Å². The number of rotatable bonds is 4. The third kappa shape index (κ3) is 2.81. The molecule has 0 fully saturated rings. The molecule has 1 unspecified atom stereocenters. The van der Waals surface area contributed by atoms with Crippen molar-refractivity contribution in [2.24, 2.45) is 0 Å². The zero-order valence-corrected chi connectivity index (χ0v) is 11.7. The lowest BCUT2D eigenvalue weighted by Gasteiger charge is -2.31. The van der Waals surface area contributed by atoms with E-state index in [2.05, 4.69) is 11.4 Å². The number of anilines is 1. The molecule has 0 saturated heterocycles. The predicted molar refractivity (Wildman–Crippen MR) is 80.4 cm³/mol. The monoisotopic (exact) mass is 266 g/mol. The summed E-state index contributed by atoms with van der Waals surface area (Å²) in [6.07, 6.45) is 0. The summed E-state index contributed by atoms with van der Waals surface area (Å²) in [6, 6.07) is 17.5. The maximum atomic E-state index is 9.79. The van der Waals surface area contributed by atoms with Crippen LogP contribution in [0.15, 0.2) is 48.5 Å². The summed E-state index contributed by atoms with van der Waals surface area (Å²) in [5.74, 6) is 0. The Labute approximate surface area is 119 Å². The van der Waals surface area contributed by atoms with Gasteiger partial charge in [-0.15, -0.1) is 0 Å². The second kappa shape index (κ2) is 5.77. The van der Waals surface area contributed by atoms with Crippen LogP contribution in [0.2, 0.25) is 0 Å². The number of aryl methyl sites for hydroxylation is 1. The van der Waals surface area contributed by atoms with E-state index in [9.17, 15) is 10.4 Å². The van der Waals surface area contributed by atoms with Gasteiger partial charge >= 0.3 is 0 Å². The summed E-state index contributed by atoms with van der Waals surface area (Å²) in [7, 11) is 0. The molecule has 0 spiro atoms. The van der Waals surface area contributed by atoms with E-state index in [-0.39, 0.29) is 6.61 Å². The summed E-state index contributed by atoms with van der Waals surface area (Å²) in [5, 5.41) is 22.3. The molecule has 0 aliphatic rings. The summed E-state index contributed by atoms with van der Waals surface area (Å²) in [5.41, 5.74) is 2.74. The lowest BCUT2D eigenvalue weighted by molar-refractivity contribution is 0.224. The van der Waals surface area contributed by atoms with E-state index in [1.807, 2.05) is 56.3 Å². The van der Waals surface area contributed by atoms with Crippen LogP contribution in [0.1, 0.15) is 23.6 Å². The van der Waals surface area contributed by atoms with Crippen molar-refractivity contribution in [2.75, 3.05) is 11.9 Å². The van der Waals surface area contributed by atoms with Crippen LogP contribution in [0.3, 0.4) is 0 Å². The smallest absolute Gasteiger partial charge is 0.101 e. The van der Waals surface area contributed by atoms with Gasteiger partial charge < -0.3 is 10.4 Å². The Morgan fingerprint density at radius 2 is 1.90 bits per heavy atom. The van der Waals surface area contributed by atoms with Crippen molar-refractivity contribution < 1.29 is 5.11 Å². The molecule has 0 aliphatic heterocycles. The Balaban J connectivity index is 2.41. The molecule has 20 heavy (non-hydrogen) atoms. The minimum absolute atomic E-state index is 0.0597. The highest BCUT2D eigenvalue weighted by atomic mass is 16.3. The molecule has 0 aromatic heterocycles. The molecule has 2 rings (SSSR count). The molecule has 0 saturated carbocycles. The highest BCUT2D eigenvalue weighted by Gasteiger charge is 2.26. The Hall–Kier alpha value is -2.31. The van der Waals surface area contributed by atoms with Crippen molar-refractivity contribution in [3.05, 3.63) is 65.2 Å². The van der Waals surface area contributed by atoms with Crippen molar-refractivity contribution in [1.29, 1.82) is 5.26 Å². The van der Waals surface area contributed by atoms with Crippen LogP contribution in [-0.4, -0.2) is 11.7 Å². The number of benzene rings is 2. The van der Waals surface area contributed by atoms with Gasteiger partial charge in [0.15, 0.2) is 0 Å². The first-order valence-corrected chi connectivity index (χ1v) is 6.54. The molecule has 2 aromatic rings. The summed E-state index contributed by atoms with van der Waals surface area (Å²) in [6.45, 7) is 3.84. The highest BCUT2D eigenvalue weighted by molar-refractivity contribution is 5.60. The first-order valence-electron chi connectivity index (χ1n) is 6.54. The van der Waals surface area contributed by atoms with Gasteiger partial charge in [0.2, 0.25) is 0 Å². The first-order chi connectivity index (χ1) is 9.59. The lowest BCUT2D eigenvalue weighted by Crippen LogP contribution is -2.36. The molecule has 3 nitrogen and oxygen atoms in total. The molecule has 2 aromatic carbocycles. The van der Waals surface area contributed by atoms with Crippen LogP contribution in [0.25, 0.3) is 0 Å². The number of hydrogen-bond donors (Lipinski definition) is 2. The molecule has 0 heterocycles. The van der Waals surface area contributed by atoms with Crippen molar-refractivity contribution >= 4 is 5.69 Å². The topological polar surface area (TPSA) is 56.0 Å². The Morgan fingerprint density at radius 3 is 2.50 bits per heavy atom. The second-order valence-corrected chi connectivity index (χ2v) is 5.14. The fourth-order valence-electron chi connectivity index (χ4n) is 2.17. The summed E-state index contributed by atoms with van der Waals surface area (Å²) in [4.78, 5) is 0. The zero-order chi connectivity index (χ0) is 14.6. The first kappa shape index (κ1) is 14.1. The Kier molecular flexibility index (Phi) is 4.07. The zero-order valence-electron chi connectivity index (χ0n) is 11.7. The Bertz CT molecular complexity index is 631. The SMILES string of the molecule is Cc1ccc(C#N)c(NC(C)(CO)c2ccccc2)c1. The van der Waals surface area contributed by atoms with Crippen LogP contribution in [0.4, 0.5) is 5.69 Å². The molecule has 2 N–H and O–H groups in total. The van der Waals surface area contributed by atoms with Gasteiger partial charge in [-0.2, -0.15) is 5.26 Å². The minimum atomic E-state index is -0.624. The van der Waals surface area contributed by atoms with E-state index in [0.29, 0.717) is 5.56 Å². The molecule has 3 heteroatoms. The molecular formula is C17H18N2O. The van der Waals surface area contributed by atoms with Crippen molar-refractivity contribution in [3.63, 3.8) is 0 Å². The minimum Gasteiger partial charge on any atom is -0.394 e. The molecule has 1 atom stereocenters. The number of hydrogen-bond acceptors (Lipinski definition) is 3. The number of nitrogens with one attached hydrogen (secondary N) is 1. The normalized spacial score (nSPS) is 13.3. The van der Waals surface area contributed by atoms with E-state index in [4.69, 9.17) is 0 Å². The highest BCUT2D eigenvalue weighted by Crippen LogP contribution is 2.28. The van der Waals surface area contributed by atoms with Crippen molar-refractivity contribution in [2.45, 2.75) is 19.4 Å². The van der Waals surface area contributed by atoms with E-state index in [1.54, 1.807) is 6.07 Å². The average Bonchev–Trinajstić information content (AvgIpc) is 2.48. The largest absolute Gasteiger partial charge is 0.394 e. The van der Waals surface area contributed by atoms with E-state index in [1.165, 1.54) is 0 Å². The molecule has 0 aliphatic carbocycles. The quantitative estimate of drug-likeness (QED) is 0.893. The molecule has 102 valence electrons. The maximum Gasteiger partial charge on any atom is 0.101 e. The van der Waals surface area contributed by atoms with Gasteiger partial charge in [-0.05, 0) is 37.1 Å². The van der Waals surface area contributed by atoms with Gasteiger partial charge in [0, 0.05) is 0 Å². The molecule has 0 radical (unpaired) electrons. The van der Waals surface area contributed by atoms with Gasteiger partial charge in [-0.3, -0.25) is 0 Å².